The van der Waals surface area contributed by atoms with Gasteiger partial charge in [0, 0.05) is 0 Å². The Morgan fingerprint density at radius 1 is 0.667 bits per heavy atom. The van der Waals surface area contributed by atoms with Crippen molar-refractivity contribution < 1.29 is 9.47 Å². The van der Waals surface area contributed by atoms with Crippen molar-refractivity contribution in [3.63, 3.8) is 0 Å². The van der Waals surface area contributed by atoms with Gasteiger partial charge in [-0.15, -0.1) is 0 Å². The Labute approximate surface area is 162 Å². The largest absolute Gasteiger partial charge is 0.453 e. The molecule has 0 spiro atoms. The second-order valence-corrected chi connectivity index (χ2v) is 6.85. The van der Waals surface area contributed by atoms with Crippen LogP contribution < -0.4 is 15.2 Å². The van der Waals surface area contributed by atoms with Crippen molar-refractivity contribution in [3.05, 3.63) is 107 Å². The third-order valence-electron chi connectivity index (χ3n) is 4.17. The highest BCUT2D eigenvalue weighted by molar-refractivity contribution is 7.08. The number of rotatable bonds is 6. The fraction of sp³-hybridized carbons (Fsp3) is 0.0435. The molecule has 0 saturated heterocycles. The molecule has 0 amide bonds. The molecule has 0 aliphatic heterocycles. The van der Waals surface area contributed by atoms with Gasteiger partial charge in [0.15, 0.2) is 11.5 Å². The van der Waals surface area contributed by atoms with E-state index in [2.05, 4.69) is 5.38 Å². The number of hydrogen-bond acceptors (Lipinski definition) is 4. The van der Waals surface area contributed by atoms with Crippen LogP contribution in [0, 0.1) is 0 Å². The van der Waals surface area contributed by atoms with Crippen molar-refractivity contribution in [2.45, 2.75) is 6.04 Å². The molecule has 1 atom stereocenters. The van der Waals surface area contributed by atoms with Crippen molar-refractivity contribution >= 4 is 11.3 Å². The molecule has 4 rings (SSSR count). The van der Waals surface area contributed by atoms with Crippen molar-refractivity contribution in [1.29, 1.82) is 0 Å². The normalized spacial score (nSPS) is 11.7. The Hall–Kier alpha value is -3.08. The molecule has 0 aliphatic carbocycles. The van der Waals surface area contributed by atoms with Crippen LogP contribution in [0.1, 0.15) is 17.2 Å². The highest BCUT2D eigenvalue weighted by atomic mass is 32.1. The van der Waals surface area contributed by atoms with Gasteiger partial charge in [-0.2, -0.15) is 11.3 Å². The summed E-state index contributed by atoms with van der Waals surface area (Å²) in [5.41, 5.74) is 8.49. The Morgan fingerprint density at radius 3 is 1.89 bits per heavy atom. The molecule has 0 saturated carbocycles. The van der Waals surface area contributed by atoms with Crippen LogP contribution in [0.25, 0.3) is 0 Å². The number of ether oxygens (including phenoxy) is 2. The third-order valence-corrected chi connectivity index (χ3v) is 4.87. The Kier molecular flexibility index (Phi) is 5.19. The fourth-order valence-electron chi connectivity index (χ4n) is 2.76. The number of nitrogens with two attached hydrogens (primary N) is 1. The van der Waals surface area contributed by atoms with E-state index >= 15 is 0 Å². The molecule has 4 heteroatoms. The van der Waals surface area contributed by atoms with Crippen LogP contribution in [0.4, 0.5) is 0 Å². The predicted molar refractivity (Wildman–Crippen MR) is 110 cm³/mol. The van der Waals surface area contributed by atoms with Crippen LogP contribution in [0.3, 0.4) is 0 Å². The van der Waals surface area contributed by atoms with Crippen LogP contribution in [0.15, 0.2) is 95.7 Å². The van der Waals surface area contributed by atoms with Gasteiger partial charge >= 0.3 is 0 Å². The third kappa shape index (κ3) is 4.19. The summed E-state index contributed by atoms with van der Waals surface area (Å²) in [4.78, 5) is 0. The van der Waals surface area contributed by atoms with Gasteiger partial charge in [0.05, 0.1) is 6.04 Å². The van der Waals surface area contributed by atoms with E-state index in [-0.39, 0.29) is 6.04 Å². The maximum Gasteiger partial charge on any atom is 0.170 e. The smallest absolute Gasteiger partial charge is 0.170 e. The van der Waals surface area contributed by atoms with Gasteiger partial charge in [0.2, 0.25) is 0 Å². The molecule has 3 aromatic carbocycles. The first-order chi connectivity index (χ1) is 13.3. The van der Waals surface area contributed by atoms with E-state index in [1.165, 1.54) is 0 Å². The summed E-state index contributed by atoms with van der Waals surface area (Å²) in [6, 6.07) is 27.0. The van der Waals surface area contributed by atoms with Gasteiger partial charge in [-0.05, 0) is 64.4 Å². The van der Waals surface area contributed by atoms with Crippen molar-refractivity contribution in [1.82, 2.24) is 0 Å². The van der Waals surface area contributed by atoms with Crippen LogP contribution in [-0.4, -0.2) is 0 Å². The fourth-order valence-corrected chi connectivity index (χ4v) is 3.45. The number of thiophene rings is 1. The summed E-state index contributed by atoms with van der Waals surface area (Å²) in [7, 11) is 0. The van der Waals surface area contributed by atoms with Crippen LogP contribution in [-0.2, 0) is 0 Å². The standard InChI is InChI=1S/C23H19NO2S/c24-23(18-13-14-27-16-18)17-11-12-21(25-19-7-3-1-4-8-19)22(15-17)26-20-9-5-2-6-10-20/h1-16,23H,24H2/t23-/m0/s1. The lowest BCUT2D eigenvalue weighted by molar-refractivity contribution is 0.418. The molecular weight excluding hydrogens is 354 g/mol. The summed E-state index contributed by atoms with van der Waals surface area (Å²) < 4.78 is 12.2. The minimum atomic E-state index is -0.208. The molecule has 3 nitrogen and oxygen atoms in total. The van der Waals surface area contributed by atoms with Gasteiger partial charge in [-0.1, -0.05) is 42.5 Å². The maximum atomic E-state index is 6.44. The minimum Gasteiger partial charge on any atom is -0.453 e. The molecule has 27 heavy (non-hydrogen) atoms. The molecule has 0 radical (unpaired) electrons. The van der Waals surface area contributed by atoms with Crippen LogP contribution in [0.2, 0.25) is 0 Å². The van der Waals surface area contributed by atoms with E-state index in [9.17, 15) is 0 Å². The van der Waals surface area contributed by atoms with Gasteiger partial charge < -0.3 is 15.2 Å². The van der Waals surface area contributed by atoms with Gasteiger partial charge in [0.25, 0.3) is 0 Å². The van der Waals surface area contributed by atoms with E-state index in [1.54, 1.807) is 11.3 Å². The second kappa shape index (κ2) is 8.08. The van der Waals surface area contributed by atoms with E-state index in [0.717, 1.165) is 22.6 Å². The minimum absolute atomic E-state index is 0.208. The SMILES string of the molecule is N[C@H](c1ccsc1)c1ccc(Oc2ccccc2)c(Oc2ccccc2)c1. The first-order valence-electron chi connectivity index (χ1n) is 8.67. The number of hydrogen-bond donors (Lipinski definition) is 1. The quantitative estimate of drug-likeness (QED) is 0.426. The van der Waals surface area contributed by atoms with Gasteiger partial charge in [-0.3, -0.25) is 0 Å². The zero-order valence-electron chi connectivity index (χ0n) is 14.6. The predicted octanol–water partition coefficient (Wildman–Crippen LogP) is 6.38. The topological polar surface area (TPSA) is 44.5 Å². The van der Waals surface area contributed by atoms with Crippen molar-refractivity contribution in [2.75, 3.05) is 0 Å². The molecule has 134 valence electrons. The van der Waals surface area contributed by atoms with Gasteiger partial charge in [0.1, 0.15) is 11.5 Å². The van der Waals surface area contributed by atoms with E-state index in [0.29, 0.717) is 11.5 Å². The monoisotopic (exact) mass is 373 g/mol. The van der Waals surface area contributed by atoms with E-state index in [1.807, 2.05) is 90.3 Å². The average Bonchev–Trinajstić information content (AvgIpc) is 3.25. The summed E-state index contributed by atoms with van der Waals surface area (Å²) >= 11 is 1.64. The lowest BCUT2D eigenvalue weighted by Crippen LogP contribution is -2.11. The number of para-hydroxylation sites is 2. The lowest BCUT2D eigenvalue weighted by Gasteiger charge is -2.16. The molecule has 1 aromatic heterocycles. The van der Waals surface area contributed by atoms with Gasteiger partial charge in [-0.25, -0.2) is 0 Å². The molecule has 0 aliphatic rings. The maximum absolute atomic E-state index is 6.44. The molecular formula is C23H19NO2S. The van der Waals surface area contributed by atoms with E-state index in [4.69, 9.17) is 15.2 Å². The van der Waals surface area contributed by atoms with Crippen LogP contribution in [0.5, 0.6) is 23.0 Å². The first kappa shape index (κ1) is 17.3. The highest BCUT2D eigenvalue weighted by Gasteiger charge is 2.15. The molecule has 2 N–H and O–H groups in total. The Balaban J connectivity index is 1.69. The van der Waals surface area contributed by atoms with Crippen LogP contribution >= 0.6 is 11.3 Å². The summed E-state index contributed by atoms with van der Waals surface area (Å²) in [5, 5.41) is 4.10. The Bertz CT molecular complexity index is 986. The highest BCUT2D eigenvalue weighted by Crippen LogP contribution is 2.37. The molecule has 0 fully saturated rings. The van der Waals surface area contributed by atoms with Crippen molar-refractivity contribution in [3.8, 4) is 23.0 Å². The van der Waals surface area contributed by atoms with E-state index < -0.39 is 0 Å². The summed E-state index contributed by atoms with van der Waals surface area (Å²) in [5.74, 6) is 2.78. The number of benzene rings is 3. The molecule has 1 heterocycles. The molecule has 4 aromatic rings. The zero-order valence-corrected chi connectivity index (χ0v) is 15.4. The first-order valence-corrected chi connectivity index (χ1v) is 9.61. The average molecular weight is 373 g/mol. The van der Waals surface area contributed by atoms with Crippen molar-refractivity contribution in [2.24, 2.45) is 5.73 Å². The molecule has 0 bridgehead atoms. The molecule has 0 unspecified atom stereocenters. The zero-order chi connectivity index (χ0) is 18.5. The summed E-state index contributed by atoms with van der Waals surface area (Å²) in [6.07, 6.45) is 0. The Morgan fingerprint density at radius 2 is 1.30 bits per heavy atom. The lowest BCUT2D eigenvalue weighted by atomic mass is 10.0. The second-order valence-electron chi connectivity index (χ2n) is 6.07. The summed E-state index contributed by atoms with van der Waals surface area (Å²) in [6.45, 7) is 0.